The molecule has 1 heterocycles. The Morgan fingerprint density at radius 3 is 2.64 bits per heavy atom. The molecule has 1 saturated carbocycles. The van der Waals surface area contributed by atoms with Gasteiger partial charge in [0, 0.05) is 38.9 Å². The summed E-state index contributed by atoms with van der Waals surface area (Å²) in [5, 5.41) is 15.4. The lowest BCUT2D eigenvalue weighted by Gasteiger charge is -2.25. The Bertz CT molecular complexity index is 1030. The van der Waals surface area contributed by atoms with Crippen molar-refractivity contribution in [3.63, 3.8) is 0 Å². The summed E-state index contributed by atoms with van der Waals surface area (Å²) in [6.07, 6.45) is 1.98. The van der Waals surface area contributed by atoms with E-state index in [1.165, 1.54) is 12.8 Å². The van der Waals surface area contributed by atoms with Gasteiger partial charge < -0.3 is 14.6 Å². The zero-order valence-electron chi connectivity index (χ0n) is 19.9. The largest absolute Gasteiger partial charge is 0.439 e. The molecule has 0 bridgehead atoms. The highest BCUT2D eigenvalue weighted by molar-refractivity contribution is 5.65. The van der Waals surface area contributed by atoms with Gasteiger partial charge in [-0.1, -0.05) is 42.5 Å². The molecule has 0 aliphatic heterocycles. The van der Waals surface area contributed by atoms with E-state index in [2.05, 4.69) is 30.0 Å². The van der Waals surface area contributed by atoms with Crippen LogP contribution < -0.4 is 4.74 Å². The molecule has 1 aromatic heterocycles. The van der Waals surface area contributed by atoms with Crippen LogP contribution in [0.3, 0.4) is 0 Å². The van der Waals surface area contributed by atoms with Crippen molar-refractivity contribution >= 4 is 0 Å². The SMILES string of the molecule is CCOCC(O)CN(Cc1c(-c2ccccc2)nn(C)c1Oc1cccc(C)c1)CC1CC1. The zero-order valence-corrected chi connectivity index (χ0v) is 19.9. The van der Waals surface area contributed by atoms with Crippen molar-refractivity contribution in [2.24, 2.45) is 13.0 Å². The third-order valence-electron chi connectivity index (χ3n) is 5.92. The molecule has 0 radical (unpaired) electrons. The van der Waals surface area contributed by atoms with Crippen LogP contribution in [-0.2, 0) is 18.3 Å². The molecule has 1 fully saturated rings. The molecule has 2 aromatic carbocycles. The molecule has 1 unspecified atom stereocenters. The van der Waals surface area contributed by atoms with Gasteiger partial charge >= 0.3 is 0 Å². The maximum Gasteiger partial charge on any atom is 0.222 e. The Kier molecular flexibility index (Phi) is 7.81. The summed E-state index contributed by atoms with van der Waals surface area (Å²) in [6, 6.07) is 18.3. The van der Waals surface area contributed by atoms with Crippen LogP contribution in [0.4, 0.5) is 0 Å². The van der Waals surface area contributed by atoms with Gasteiger partial charge in [-0.2, -0.15) is 5.10 Å². The molecule has 1 atom stereocenters. The van der Waals surface area contributed by atoms with Crippen molar-refractivity contribution < 1.29 is 14.6 Å². The lowest BCUT2D eigenvalue weighted by molar-refractivity contribution is 0.0186. The maximum absolute atomic E-state index is 10.6. The molecule has 4 rings (SSSR count). The van der Waals surface area contributed by atoms with Gasteiger partial charge in [0.2, 0.25) is 5.88 Å². The van der Waals surface area contributed by atoms with Gasteiger partial charge in [0.25, 0.3) is 0 Å². The second-order valence-electron chi connectivity index (χ2n) is 8.99. The van der Waals surface area contributed by atoms with Crippen LogP contribution in [0, 0.1) is 12.8 Å². The van der Waals surface area contributed by atoms with Crippen LogP contribution in [0.25, 0.3) is 11.3 Å². The first-order valence-electron chi connectivity index (χ1n) is 11.9. The quantitative estimate of drug-likeness (QED) is 0.431. The minimum Gasteiger partial charge on any atom is -0.439 e. The summed E-state index contributed by atoms with van der Waals surface area (Å²) in [5.41, 5.74) is 4.16. The van der Waals surface area contributed by atoms with Crippen LogP contribution in [0.1, 0.15) is 30.9 Å². The number of aliphatic hydroxyl groups is 1. The van der Waals surface area contributed by atoms with Gasteiger partial charge in [0.15, 0.2) is 0 Å². The average Bonchev–Trinajstić information content (AvgIpc) is 3.57. The van der Waals surface area contributed by atoms with Gasteiger partial charge in [-0.25, -0.2) is 4.68 Å². The van der Waals surface area contributed by atoms with Crippen LogP contribution in [0.2, 0.25) is 0 Å². The van der Waals surface area contributed by atoms with E-state index < -0.39 is 6.10 Å². The first-order chi connectivity index (χ1) is 16.0. The van der Waals surface area contributed by atoms with Crippen molar-refractivity contribution in [1.82, 2.24) is 14.7 Å². The molecule has 176 valence electrons. The van der Waals surface area contributed by atoms with Crippen molar-refractivity contribution in [2.75, 3.05) is 26.3 Å². The fraction of sp³-hybridized carbons (Fsp3) is 0.444. The van der Waals surface area contributed by atoms with Gasteiger partial charge in [0.05, 0.1) is 18.3 Å². The molecule has 6 heteroatoms. The number of rotatable bonds is 12. The van der Waals surface area contributed by atoms with E-state index in [-0.39, 0.29) is 0 Å². The van der Waals surface area contributed by atoms with Crippen molar-refractivity contribution in [1.29, 1.82) is 0 Å². The molecule has 1 aliphatic rings. The summed E-state index contributed by atoms with van der Waals surface area (Å²) in [6.45, 7) is 7.13. The molecule has 1 aliphatic carbocycles. The van der Waals surface area contributed by atoms with Gasteiger partial charge in [-0.15, -0.1) is 0 Å². The number of aryl methyl sites for hydroxylation is 2. The third kappa shape index (κ3) is 6.44. The fourth-order valence-corrected chi connectivity index (χ4v) is 4.14. The Hall–Kier alpha value is -2.67. The van der Waals surface area contributed by atoms with E-state index in [0.717, 1.165) is 40.6 Å². The third-order valence-corrected chi connectivity index (χ3v) is 5.92. The second-order valence-corrected chi connectivity index (χ2v) is 8.99. The van der Waals surface area contributed by atoms with Crippen LogP contribution in [0.5, 0.6) is 11.6 Å². The Labute approximate surface area is 196 Å². The molecule has 3 aromatic rings. The van der Waals surface area contributed by atoms with Gasteiger partial charge in [0.1, 0.15) is 11.4 Å². The number of hydrogen-bond donors (Lipinski definition) is 1. The molecule has 0 spiro atoms. The topological polar surface area (TPSA) is 59.8 Å². The maximum atomic E-state index is 10.6. The summed E-state index contributed by atoms with van der Waals surface area (Å²) in [7, 11) is 1.93. The lowest BCUT2D eigenvalue weighted by atomic mass is 10.1. The van der Waals surface area contributed by atoms with Crippen LogP contribution in [-0.4, -0.2) is 52.2 Å². The van der Waals surface area contributed by atoms with Crippen molar-refractivity contribution in [2.45, 2.75) is 39.3 Å². The number of aromatic nitrogens is 2. The van der Waals surface area contributed by atoms with Crippen LogP contribution >= 0.6 is 0 Å². The molecule has 0 saturated heterocycles. The standard InChI is InChI=1S/C27H35N3O3/c1-4-32-19-23(31)17-30(16-21-13-14-21)18-25-26(22-10-6-5-7-11-22)28-29(3)27(25)33-24-12-8-9-20(2)15-24/h5-12,15,21,23,31H,4,13-14,16-19H2,1-3H3. The molecule has 6 nitrogen and oxygen atoms in total. The Balaban J connectivity index is 1.66. The summed E-state index contributed by atoms with van der Waals surface area (Å²) >= 11 is 0. The van der Waals surface area contributed by atoms with Crippen molar-refractivity contribution in [3.8, 4) is 22.9 Å². The minimum absolute atomic E-state index is 0.350. The number of ether oxygens (including phenoxy) is 2. The van der Waals surface area contributed by atoms with Crippen molar-refractivity contribution in [3.05, 3.63) is 65.7 Å². The van der Waals surface area contributed by atoms with E-state index in [9.17, 15) is 5.11 Å². The average molecular weight is 450 g/mol. The van der Waals surface area contributed by atoms with E-state index >= 15 is 0 Å². The van der Waals surface area contributed by atoms with E-state index in [0.29, 0.717) is 32.2 Å². The van der Waals surface area contributed by atoms with Gasteiger partial charge in [-0.3, -0.25) is 4.90 Å². The van der Waals surface area contributed by atoms with Gasteiger partial charge in [-0.05, 0) is 50.3 Å². The highest BCUT2D eigenvalue weighted by Gasteiger charge is 2.28. The first kappa shape index (κ1) is 23.5. The Morgan fingerprint density at radius 2 is 1.94 bits per heavy atom. The van der Waals surface area contributed by atoms with E-state index in [1.54, 1.807) is 0 Å². The zero-order chi connectivity index (χ0) is 23.2. The molecular formula is C27H35N3O3. The molecule has 33 heavy (non-hydrogen) atoms. The number of nitrogens with zero attached hydrogens (tertiary/aromatic N) is 3. The summed E-state index contributed by atoms with van der Waals surface area (Å²) in [5.74, 6) is 2.23. The summed E-state index contributed by atoms with van der Waals surface area (Å²) in [4.78, 5) is 2.33. The first-order valence-corrected chi connectivity index (χ1v) is 11.9. The fourth-order valence-electron chi connectivity index (χ4n) is 4.14. The lowest BCUT2D eigenvalue weighted by Crippen LogP contribution is -2.36. The number of aliphatic hydroxyl groups excluding tert-OH is 1. The highest BCUT2D eigenvalue weighted by Crippen LogP contribution is 2.36. The molecular weight excluding hydrogens is 414 g/mol. The smallest absolute Gasteiger partial charge is 0.222 e. The normalized spacial score (nSPS) is 14.6. The highest BCUT2D eigenvalue weighted by atomic mass is 16.5. The number of hydrogen-bond acceptors (Lipinski definition) is 5. The Morgan fingerprint density at radius 1 is 1.15 bits per heavy atom. The molecule has 0 amide bonds. The van der Waals surface area contributed by atoms with E-state index in [1.807, 2.05) is 55.1 Å². The summed E-state index contributed by atoms with van der Waals surface area (Å²) < 4.78 is 13.7. The van der Waals surface area contributed by atoms with E-state index in [4.69, 9.17) is 14.6 Å². The predicted octanol–water partition coefficient (Wildman–Crippen LogP) is 4.80. The minimum atomic E-state index is -0.526. The predicted molar refractivity (Wildman–Crippen MR) is 130 cm³/mol. The second kappa shape index (κ2) is 11.0. The monoisotopic (exact) mass is 449 g/mol. The molecule has 1 N–H and O–H groups in total. The van der Waals surface area contributed by atoms with Crippen LogP contribution in [0.15, 0.2) is 54.6 Å². The number of benzene rings is 2.